The fourth-order valence-electron chi connectivity index (χ4n) is 1.15. The van der Waals surface area contributed by atoms with E-state index in [0.717, 1.165) is 0 Å². The summed E-state index contributed by atoms with van der Waals surface area (Å²) in [4.78, 5) is 0. The summed E-state index contributed by atoms with van der Waals surface area (Å²) in [5.74, 6) is 0. The number of nitrogens with two attached hydrogens (primary N) is 2. The average molecular weight is 201 g/mol. The van der Waals surface area contributed by atoms with Crippen LogP contribution >= 0.6 is 11.6 Å². The number of aliphatic hydroxyl groups excluding tert-OH is 1. The van der Waals surface area contributed by atoms with E-state index in [-0.39, 0.29) is 0 Å². The first kappa shape index (κ1) is 10.3. The van der Waals surface area contributed by atoms with Crippen molar-refractivity contribution in [3.05, 3.63) is 28.8 Å². The van der Waals surface area contributed by atoms with E-state index < -0.39 is 12.1 Å². The van der Waals surface area contributed by atoms with Gasteiger partial charge in [0.1, 0.15) is 0 Å². The van der Waals surface area contributed by atoms with Crippen LogP contribution in [0.25, 0.3) is 0 Å². The van der Waals surface area contributed by atoms with Crippen LogP contribution in [0.5, 0.6) is 0 Å². The van der Waals surface area contributed by atoms with Crippen molar-refractivity contribution in [3.63, 3.8) is 0 Å². The fourth-order valence-corrected chi connectivity index (χ4v) is 1.45. The molecule has 0 fully saturated rings. The first-order valence-corrected chi connectivity index (χ1v) is 4.39. The molecule has 0 unspecified atom stereocenters. The lowest BCUT2D eigenvalue weighted by molar-refractivity contribution is 0.164. The van der Waals surface area contributed by atoms with Crippen LogP contribution in [0.4, 0.5) is 5.69 Å². The van der Waals surface area contributed by atoms with Gasteiger partial charge in [0.25, 0.3) is 0 Å². The smallest absolute Gasteiger partial charge is 0.0706 e. The highest BCUT2D eigenvalue weighted by Crippen LogP contribution is 2.28. The van der Waals surface area contributed by atoms with Gasteiger partial charge in [-0.25, -0.2) is 0 Å². The first-order chi connectivity index (χ1) is 6.04. The van der Waals surface area contributed by atoms with E-state index in [0.29, 0.717) is 16.3 Å². The Morgan fingerprint density at radius 2 is 2.08 bits per heavy atom. The Balaban J connectivity index is 3.12. The van der Waals surface area contributed by atoms with Gasteiger partial charge in [-0.05, 0) is 19.1 Å². The van der Waals surface area contributed by atoms with Crippen LogP contribution in [0.15, 0.2) is 18.2 Å². The number of hydrogen-bond acceptors (Lipinski definition) is 3. The summed E-state index contributed by atoms with van der Waals surface area (Å²) >= 11 is 5.90. The number of aliphatic hydroxyl groups is 1. The van der Waals surface area contributed by atoms with Gasteiger partial charge in [-0.15, -0.1) is 0 Å². The zero-order valence-corrected chi connectivity index (χ0v) is 8.12. The maximum Gasteiger partial charge on any atom is 0.0706 e. The number of benzene rings is 1. The molecule has 1 aromatic rings. The lowest BCUT2D eigenvalue weighted by Gasteiger charge is -2.18. The third-order valence-electron chi connectivity index (χ3n) is 1.94. The van der Waals surface area contributed by atoms with Gasteiger partial charge in [0, 0.05) is 16.3 Å². The van der Waals surface area contributed by atoms with Crippen LogP contribution in [0.2, 0.25) is 5.02 Å². The van der Waals surface area contributed by atoms with E-state index in [1.165, 1.54) is 0 Å². The summed E-state index contributed by atoms with van der Waals surface area (Å²) in [5, 5.41) is 9.78. The Kier molecular flexibility index (Phi) is 3.14. The summed E-state index contributed by atoms with van der Waals surface area (Å²) < 4.78 is 0. The molecule has 5 N–H and O–H groups in total. The van der Waals surface area contributed by atoms with E-state index in [9.17, 15) is 5.11 Å². The summed E-state index contributed by atoms with van der Waals surface area (Å²) in [6.45, 7) is 1.60. The second-order valence-electron chi connectivity index (χ2n) is 3.01. The van der Waals surface area contributed by atoms with Crippen molar-refractivity contribution in [2.45, 2.75) is 19.1 Å². The van der Waals surface area contributed by atoms with E-state index in [1.54, 1.807) is 25.1 Å². The van der Waals surface area contributed by atoms with Crippen molar-refractivity contribution in [1.29, 1.82) is 0 Å². The Labute approximate surface area is 82.3 Å². The number of rotatable bonds is 2. The molecular weight excluding hydrogens is 188 g/mol. The monoisotopic (exact) mass is 200 g/mol. The quantitative estimate of drug-likeness (QED) is 0.631. The summed E-state index contributed by atoms with van der Waals surface area (Å²) in [7, 11) is 0. The predicted molar refractivity (Wildman–Crippen MR) is 54.5 cm³/mol. The zero-order chi connectivity index (χ0) is 10.0. The van der Waals surface area contributed by atoms with Gasteiger partial charge in [0.15, 0.2) is 0 Å². The standard InChI is InChI=1S/C9H13ClN2O/c1-5(13)9(12)8-6(10)3-2-4-7(8)11/h2-5,9,13H,11-12H2,1H3/t5-,9+/m0/s1. The van der Waals surface area contributed by atoms with Gasteiger partial charge in [-0.3, -0.25) is 0 Å². The van der Waals surface area contributed by atoms with Crippen molar-refractivity contribution in [1.82, 2.24) is 0 Å². The van der Waals surface area contributed by atoms with Crippen LogP contribution in [0, 0.1) is 0 Å². The largest absolute Gasteiger partial charge is 0.398 e. The minimum atomic E-state index is -0.665. The van der Waals surface area contributed by atoms with Gasteiger partial charge >= 0.3 is 0 Å². The Hall–Kier alpha value is -0.770. The fraction of sp³-hybridized carbons (Fsp3) is 0.333. The van der Waals surface area contributed by atoms with Crippen LogP contribution < -0.4 is 11.5 Å². The Morgan fingerprint density at radius 1 is 1.46 bits per heavy atom. The Morgan fingerprint density at radius 3 is 2.54 bits per heavy atom. The molecule has 0 saturated carbocycles. The molecule has 0 aromatic heterocycles. The highest BCUT2D eigenvalue weighted by atomic mass is 35.5. The lowest BCUT2D eigenvalue weighted by Crippen LogP contribution is -2.24. The Bertz CT molecular complexity index is 281. The molecule has 72 valence electrons. The molecule has 2 atom stereocenters. The molecule has 0 aliphatic rings. The second-order valence-corrected chi connectivity index (χ2v) is 3.42. The SMILES string of the molecule is C[C@H](O)[C@@H](N)c1c(N)cccc1Cl. The van der Waals surface area contributed by atoms with Crippen molar-refractivity contribution in [2.75, 3.05) is 5.73 Å². The molecule has 13 heavy (non-hydrogen) atoms. The van der Waals surface area contributed by atoms with Gasteiger partial charge in [-0.1, -0.05) is 17.7 Å². The van der Waals surface area contributed by atoms with E-state index in [2.05, 4.69) is 0 Å². The molecule has 0 saturated heterocycles. The van der Waals surface area contributed by atoms with Crippen molar-refractivity contribution >= 4 is 17.3 Å². The van der Waals surface area contributed by atoms with Gasteiger partial charge in [0.05, 0.1) is 12.1 Å². The molecule has 0 bridgehead atoms. The molecule has 0 radical (unpaired) electrons. The molecule has 0 heterocycles. The van der Waals surface area contributed by atoms with Crippen LogP contribution in [-0.4, -0.2) is 11.2 Å². The molecule has 0 amide bonds. The van der Waals surface area contributed by atoms with E-state index in [4.69, 9.17) is 23.1 Å². The van der Waals surface area contributed by atoms with E-state index >= 15 is 0 Å². The van der Waals surface area contributed by atoms with Gasteiger partial charge in [0.2, 0.25) is 0 Å². The normalized spacial score (nSPS) is 15.4. The number of halogens is 1. The lowest BCUT2D eigenvalue weighted by atomic mass is 10.0. The molecule has 0 aliphatic carbocycles. The molecule has 4 heteroatoms. The van der Waals surface area contributed by atoms with E-state index in [1.807, 2.05) is 0 Å². The minimum absolute atomic E-state index is 0.494. The van der Waals surface area contributed by atoms with Crippen LogP contribution in [0.3, 0.4) is 0 Å². The first-order valence-electron chi connectivity index (χ1n) is 4.01. The molecular formula is C9H13ClN2O. The van der Waals surface area contributed by atoms with Crippen LogP contribution in [-0.2, 0) is 0 Å². The highest BCUT2D eigenvalue weighted by molar-refractivity contribution is 6.31. The molecule has 3 nitrogen and oxygen atoms in total. The minimum Gasteiger partial charge on any atom is -0.398 e. The number of anilines is 1. The van der Waals surface area contributed by atoms with Crippen molar-refractivity contribution < 1.29 is 5.11 Å². The molecule has 1 aromatic carbocycles. The van der Waals surface area contributed by atoms with Crippen LogP contribution in [0.1, 0.15) is 18.5 Å². The second kappa shape index (κ2) is 3.96. The van der Waals surface area contributed by atoms with Gasteiger partial charge < -0.3 is 16.6 Å². The highest BCUT2D eigenvalue weighted by Gasteiger charge is 2.17. The third-order valence-corrected chi connectivity index (χ3v) is 2.27. The number of nitrogen functional groups attached to an aromatic ring is 1. The maximum absolute atomic E-state index is 9.28. The predicted octanol–water partition coefficient (Wildman–Crippen LogP) is 1.30. The molecule has 0 aliphatic heterocycles. The zero-order valence-electron chi connectivity index (χ0n) is 7.37. The average Bonchev–Trinajstić information content (AvgIpc) is 2.03. The molecule has 1 rings (SSSR count). The third kappa shape index (κ3) is 2.12. The molecule has 0 spiro atoms. The van der Waals surface area contributed by atoms with Crippen molar-refractivity contribution in [3.8, 4) is 0 Å². The summed E-state index contributed by atoms with van der Waals surface area (Å²) in [6, 6.07) is 4.63. The number of hydrogen-bond donors (Lipinski definition) is 3. The maximum atomic E-state index is 9.28. The summed E-state index contributed by atoms with van der Waals surface area (Å²) in [5.41, 5.74) is 12.5. The topological polar surface area (TPSA) is 72.3 Å². The van der Waals surface area contributed by atoms with Crippen molar-refractivity contribution in [2.24, 2.45) is 5.73 Å². The summed E-state index contributed by atoms with van der Waals surface area (Å²) in [6.07, 6.45) is -0.665. The van der Waals surface area contributed by atoms with Gasteiger partial charge in [-0.2, -0.15) is 0 Å².